The molecule has 0 saturated carbocycles. The van der Waals surface area contributed by atoms with Gasteiger partial charge in [-0.15, -0.1) is 0 Å². The van der Waals surface area contributed by atoms with Gasteiger partial charge in [0, 0.05) is 13.0 Å². The van der Waals surface area contributed by atoms with Crippen molar-refractivity contribution < 1.29 is 34.2 Å². The molecular formula is C22H41N7O7S. The fraction of sp³-hybridized carbons (Fsp3) is 0.727. The molecule has 0 aromatic carbocycles. The van der Waals surface area contributed by atoms with E-state index in [1.807, 2.05) is 20.1 Å². The third-order valence-corrected chi connectivity index (χ3v) is 5.79. The molecule has 0 fully saturated rings. The number of carbonyl (C=O) groups is 5. The Morgan fingerprint density at radius 2 is 1.41 bits per heavy atom. The SMILES string of the molecule is CSCCC(NC(=O)C(N)CCC(=O)O)C(=O)NC(CCCN=C(N)N)C(=O)NC(CC(C)C)C(=O)O. The van der Waals surface area contributed by atoms with Crippen molar-refractivity contribution in [1.29, 1.82) is 0 Å². The molecule has 0 aliphatic heterocycles. The van der Waals surface area contributed by atoms with Crippen molar-refractivity contribution in [2.75, 3.05) is 18.6 Å². The third kappa shape index (κ3) is 15.6. The van der Waals surface area contributed by atoms with Crippen molar-refractivity contribution in [2.24, 2.45) is 28.1 Å². The van der Waals surface area contributed by atoms with Crippen LogP contribution in [0.5, 0.6) is 0 Å². The van der Waals surface area contributed by atoms with Crippen LogP contribution in [0.4, 0.5) is 0 Å². The van der Waals surface area contributed by atoms with Crippen LogP contribution in [0.3, 0.4) is 0 Å². The number of guanidine groups is 1. The van der Waals surface area contributed by atoms with Crippen LogP contribution >= 0.6 is 11.8 Å². The number of nitrogens with zero attached hydrogens (tertiary/aromatic N) is 1. The summed E-state index contributed by atoms with van der Waals surface area (Å²) in [5.74, 6) is -4.00. The first-order chi connectivity index (χ1) is 17.3. The molecule has 0 radical (unpaired) electrons. The molecule has 0 aliphatic carbocycles. The van der Waals surface area contributed by atoms with E-state index < -0.39 is 53.8 Å². The van der Waals surface area contributed by atoms with E-state index in [1.165, 1.54) is 11.8 Å². The standard InChI is InChI=1S/C22H41N7O7S/c1-12(2)11-16(21(35)36)29-19(33)14(5-4-9-26-22(24)25)28-20(34)15(8-10-37-3)27-18(32)13(23)6-7-17(30)31/h12-16H,4-11,23H2,1-3H3,(H,27,32)(H,28,34)(H,29,33)(H,30,31)(H,35,36)(H4,24,25,26). The fourth-order valence-electron chi connectivity index (χ4n) is 3.20. The number of thioether (sulfide) groups is 1. The van der Waals surface area contributed by atoms with Crippen molar-refractivity contribution in [3.05, 3.63) is 0 Å². The zero-order valence-electron chi connectivity index (χ0n) is 21.6. The van der Waals surface area contributed by atoms with E-state index in [2.05, 4.69) is 20.9 Å². The average molecular weight is 548 g/mol. The van der Waals surface area contributed by atoms with Crippen molar-refractivity contribution >= 4 is 47.4 Å². The van der Waals surface area contributed by atoms with Crippen LogP contribution in [0, 0.1) is 5.92 Å². The monoisotopic (exact) mass is 547 g/mol. The van der Waals surface area contributed by atoms with Crippen molar-refractivity contribution in [1.82, 2.24) is 16.0 Å². The predicted octanol–water partition coefficient (Wildman–Crippen LogP) is -1.43. The van der Waals surface area contributed by atoms with Crippen LogP contribution in [0.25, 0.3) is 0 Å². The summed E-state index contributed by atoms with van der Waals surface area (Å²) in [6, 6.07) is -4.45. The Labute approximate surface area is 220 Å². The number of aliphatic imine (C=N–C) groups is 1. The Morgan fingerprint density at radius 1 is 0.865 bits per heavy atom. The zero-order valence-corrected chi connectivity index (χ0v) is 22.4. The van der Waals surface area contributed by atoms with Gasteiger partial charge in [0.05, 0.1) is 6.04 Å². The first-order valence-electron chi connectivity index (χ1n) is 11.9. The van der Waals surface area contributed by atoms with Gasteiger partial charge in [-0.3, -0.25) is 24.2 Å². The number of nitrogens with two attached hydrogens (primary N) is 3. The molecule has 0 rings (SSSR count). The van der Waals surface area contributed by atoms with Gasteiger partial charge >= 0.3 is 11.9 Å². The molecule has 3 amide bonds. The molecule has 0 spiro atoms. The molecule has 0 aromatic rings. The van der Waals surface area contributed by atoms with Crippen LogP contribution < -0.4 is 33.2 Å². The topological polar surface area (TPSA) is 252 Å². The maximum Gasteiger partial charge on any atom is 0.326 e. The minimum absolute atomic E-state index is 0.00669. The average Bonchev–Trinajstić information content (AvgIpc) is 2.80. The Balaban J connectivity index is 5.59. The maximum absolute atomic E-state index is 13.1. The Morgan fingerprint density at radius 3 is 1.89 bits per heavy atom. The zero-order chi connectivity index (χ0) is 28.5. The van der Waals surface area contributed by atoms with Gasteiger partial charge in [0.15, 0.2) is 5.96 Å². The van der Waals surface area contributed by atoms with Gasteiger partial charge in [0.1, 0.15) is 18.1 Å². The Bertz CT molecular complexity index is 806. The van der Waals surface area contributed by atoms with Gasteiger partial charge in [-0.1, -0.05) is 13.8 Å². The number of aliphatic carboxylic acids is 2. The molecule has 212 valence electrons. The molecule has 11 N–H and O–H groups in total. The van der Waals surface area contributed by atoms with Crippen LogP contribution in [-0.4, -0.2) is 88.6 Å². The van der Waals surface area contributed by atoms with Gasteiger partial charge in [0.25, 0.3) is 0 Å². The highest BCUT2D eigenvalue weighted by Crippen LogP contribution is 2.08. The number of nitrogens with one attached hydrogen (secondary N) is 3. The lowest BCUT2D eigenvalue weighted by Gasteiger charge is -2.25. The highest BCUT2D eigenvalue weighted by Gasteiger charge is 2.30. The first kappa shape index (κ1) is 33.9. The second-order valence-electron chi connectivity index (χ2n) is 8.92. The minimum Gasteiger partial charge on any atom is -0.481 e. The fourth-order valence-corrected chi connectivity index (χ4v) is 3.67. The molecule has 0 aromatic heterocycles. The molecule has 4 unspecified atom stereocenters. The van der Waals surface area contributed by atoms with E-state index in [0.29, 0.717) is 12.2 Å². The molecule has 0 heterocycles. The van der Waals surface area contributed by atoms with E-state index in [4.69, 9.17) is 22.3 Å². The largest absolute Gasteiger partial charge is 0.481 e. The highest BCUT2D eigenvalue weighted by molar-refractivity contribution is 7.98. The van der Waals surface area contributed by atoms with Gasteiger partial charge < -0.3 is 43.4 Å². The Hall–Kier alpha value is -3.07. The summed E-state index contributed by atoms with van der Waals surface area (Å²) in [6.45, 7) is 3.81. The van der Waals surface area contributed by atoms with Crippen molar-refractivity contribution in [3.63, 3.8) is 0 Å². The molecule has 0 saturated heterocycles. The maximum atomic E-state index is 13.1. The second kappa shape index (κ2) is 18.2. The molecule has 0 aliphatic rings. The normalized spacial score (nSPS) is 14.1. The summed E-state index contributed by atoms with van der Waals surface area (Å²) < 4.78 is 0. The van der Waals surface area contributed by atoms with Gasteiger partial charge in [-0.2, -0.15) is 11.8 Å². The summed E-state index contributed by atoms with van der Waals surface area (Å²) in [4.78, 5) is 64.7. The number of hydrogen-bond acceptors (Lipinski definition) is 8. The summed E-state index contributed by atoms with van der Waals surface area (Å²) in [5, 5.41) is 25.9. The lowest BCUT2D eigenvalue weighted by Crippen LogP contribution is -2.57. The lowest BCUT2D eigenvalue weighted by atomic mass is 10.0. The Kier molecular flexibility index (Phi) is 16.7. The smallest absolute Gasteiger partial charge is 0.326 e. The van der Waals surface area contributed by atoms with E-state index in [9.17, 15) is 29.1 Å². The van der Waals surface area contributed by atoms with E-state index in [-0.39, 0.29) is 50.5 Å². The molecule has 4 atom stereocenters. The number of amides is 3. The minimum atomic E-state index is -1.20. The first-order valence-corrected chi connectivity index (χ1v) is 13.3. The summed E-state index contributed by atoms with van der Waals surface area (Å²) in [5.41, 5.74) is 16.4. The van der Waals surface area contributed by atoms with Crippen LogP contribution in [0.1, 0.15) is 52.4 Å². The third-order valence-electron chi connectivity index (χ3n) is 5.15. The predicted molar refractivity (Wildman–Crippen MR) is 141 cm³/mol. The van der Waals surface area contributed by atoms with Gasteiger partial charge in [-0.25, -0.2) is 4.79 Å². The number of rotatable bonds is 19. The lowest BCUT2D eigenvalue weighted by molar-refractivity contribution is -0.143. The number of carboxylic acids is 2. The summed E-state index contributed by atoms with van der Waals surface area (Å²) in [7, 11) is 0. The van der Waals surface area contributed by atoms with Crippen molar-refractivity contribution in [3.8, 4) is 0 Å². The van der Waals surface area contributed by atoms with Crippen molar-refractivity contribution in [2.45, 2.75) is 76.5 Å². The van der Waals surface area contributed by atoms with Crippen LogP contribution in [0.15, 0.2) is 4.99 Å². The van der Waals surface area contributed by atoms with Gasteiger partial charge in [-0.05, 0) is 50.0 Å². The molecular weight excluding hydrogens is 506 g/mol. The number of carbonyl (C=O) groups excluding carboxylic acids is 3. The summed E-state index contributed by atoms with van der Waals surface area (Å²) in [6.07, 6.45) is 2.21. The number of hydrogen-bond donors (Lipinski definition) is 8. The highest BCUT2D eigenvalue weighted by atomic mass is 32.2. The van der Waals surface area contributed by atoms with E-state index >= 15 is 0 Å². The van der Waals surface area contributed by atoms with Crippen LogP contribution in [0.2, 0.25) is 0 Å². The summed E-state index contributed by atoms with van der Waals surface area (Å²) >= 11 is 1.44. The van der Waals surface area contributed by atoms with Gasteiger partial charge in [0.2, 0.25) is 17.7 Å². The van der Waals surface area contributed by atoms with E-state index in [1.54, 1.807) is 0 Å². The molecule has 15 heteroatoms. The molecule has 0 bridgehead atoms. The van der Waals surface area contributed by atoms with E-state index in [0.717, 1.165) is 0 Å². The molecule has 14 nitrogen and oxygen atoms in total. The number of carboxylic acid groups (broad SMARTS) is 2. The quantitative estimate of drug-likeness (QED) is 0.0528. The second-order valence-corrected chi connectivity index (χ2v) is 9.91. The van der Waals surface area contributed by atoms with Crippen LogP contribution in [-0.2, 0) is 24.0 Å². The molecule has 37 heavy (non-hydrogen) atoms.